The molecule has 0 aromatic heterocycles. The SMILES string of the molecule is CCCCC(CC)CNc1ccccc1COC. The average Bonchev–Trinajstić information content (AvgIpc) is 2.41. The molecule has 102 valence electrons. The van der Waals surface area contributed by atoms with Crippen molar-refractivity contribution in [1.29, 1.82) is 0 Å². The van der Waals surface area contributed by atoms with Crippen molar-refractivity contribution in [1.82, 2.24) is 0 Å². The van der Waals surface area contributed by atoms with Gasteiger partial charge in [0.15, 0.2) is 0 Å². The number of nitrogens with one attached hydrogen (secondary N) is 1. The van der Waals surface area contributed by atoms with Gasteiger partial charge in [-0.05, 0) is 18.4 Å². The summed E-state index contributed by atoms with van der Waals surface area (Å²) < 4.78 is 5.23. The van der Waals surface area contributed by atoms with E-state index >= 15 is 0 Å². The standard InChI is InChI=1S/C16H27NO/c1-4-6-9-14(5-2)12-17-16-11-8-7-10-15(16)13-18-3/h7-8,10-11,14,17H,4-6,9,12-13H2,1-3H3. The molecule has 0 aliphatic heterocycles. The van der Waals surface area contributed by atoms with Crippen LogP contribution in [0.4, 0.5) is 5.69 Å². The molecule has 0 bridgehead atoms. The first-order valence-electron chi connectivity index (χ1n) is 7.12. The Morgan fingerprint density at radius 2 is 2.00 bits per heavy atom. The van der Waals surface area contributed by atoms with Gasteiger partial charge in [-0.1, -0.05) is 51.3 Å². The molecule has 1 aromatic rings. The summed E-state index contributed by atoms with van der Waals surface area (Å²) in [5.41, 5.74) is 2.46. The van der Waals surface area contributed by atoms with Crippen LogP contribution in [0.1, 0.15) is 45.1 Å². The Hall–Kier alpha value is -1.02. The Bertz CT molecular complexity index is 325. The van der Waals surface area contributed by atoms with Crippen LogP contribution in [-0.2, 0) is 11.3 Å². The molecule has 0 fully saturated rings. The fourth-order valence-corrected chi connectivity index (χ4v) is 2.17. The van der Waals surface area contributed by atoms with Crippen molar-refractivity contribution in [2.24, 2.45) is 5.92 Å². The fourth-order valence-electron chi connectivity index (χ4n) is 2.17. The van der Waals surface area contributed by atoms with Crippen molar-refractivity contribution in [3.05, 3.63) is 29.8 Å². The molecule has 1 aromatic carbocycles. The van der Waals surface area contributed by atoms with Crippen molar-refractivity contribution in [3.63, 3.8) is 0 Å². The number of ether oxygens (including phenoxy) is 1. The van der Waals surface area contributed by atoms with Crippen LogP contribution in [0.2, 0.25) is 0 Å². The topological polar surface area (TPSA) is 21.3 Å². The average molecular weight is 249 g/mol. The Morgan fingerprint density at radius 1 is 1.22 bits per heavy atom. The molecule has 0 saturated heterocycles. The zero-order valence-corrected chi connectivity index (χ0v) is 12.0. The molecule has 2 nitrogen and oxygen atoms in total. The van der Waals surface area contributed by atoms with Gasteiger partial charge in [0.2, 0.25) is 0 Å². The van der Waals surface area contributed by atoms with Crippen molar-refractivity contribution < 1.29 is 4.74 Å². The first-order chi connectivity index (χ1) is 8.81. The number of hydrogen-bond acceptors (Lipinski definition) is 2. The van der Waals surface area contributed by atoms with Crippen LogP contribution in [-0.4, -0.2) is 13.7 Å². The summed E-state index contributed by atoms with van der Waals surface area (Å²) in [6.45, 7) is 6.28. The van der Waals surface area contributed by atoms with E-state index < -0.39 is 0 Å². The number of benzene rings is 1. The van der Waals surface area contributed by atoms with E-state index in [0.717, 1.165) is 12.5 Å². The van der Waals surface area contributed by atoms with E-state index in [2.05, 4.69) is 43.4 Å². The van der Waals surface area contributed by atoms with Gasteiger partial charge in [-0.3, -0.25) is 0 Å². The van der Waals surface area contributed by atoms with Crippen LogP contribution in [0.25, 0.3) is 0 Å². The minimum atomic E-state index is 0.676. The molecule has 0 saturated carbocycles. The summed E-state index contributed by atoms with van der Waals surface area (Å²) in [6.07, 6.45) is 5.20. The molecule has 1 atom stereocenters. The Kier molecular flexibility index (Phi) is 7.51. The number of unbranched alkanes of at least 4 members (excludes halogenated alkanes) is 1. The maximum atomic E-state index is 5.23. The highest BCUT2D eigenvalue weighted by molar-refractivity contribution is 5.50. The third kappa shape index (κ3) is 5.09. The van der Waals surface area contributed by atoms with Crippen LogP contribution < -0.4 is 5.32 Å². The number of rotatable bonds is 9. The number of hydrogen-bond donors (Lipinski definition) is 1. The van der Waals surface area contributed by atoms with Gasteiger partial charge in [0.25, 0.3) is 0 Å². The molecule has 0 aliphatic carbocycles. The van der Waals surface area contributed by atoms with E-state index in [0.29, 0.717) is 6.61 Å². The van der Waals surface area contributed by atoms with Gasteiger partial charge in [-0.15, -0.1) is 0 Å². The number of anilines is 1. The lowest BCUT2D eigenvalue weighted by atomic mass is 9.99. The van der Waals surface area contributed by atoms with Crippen LogP contribution >= 0.6 is 0 Å². The van der Waals surface area contributed by atoms with Crippen molar-refractivity contribution in [3.8, 4) is 0 Å². The van der Waals surface area contributed by atoms with E-state index in [1.165, 1.54) is 36.9 Å². The molecule has 0 amide bonds. The minimum Gasteiger partial charge on any atom is -0.384 e. The van der Waals surface area contributed by atoms with Crippen molar-refractivity contribution >= 4 is 5.69 Å². The van der Waals surface area contributed by atoms with Gasteiger partial charge in [0, 0.05) is 24.9 Å². The van der Waals surface area contributed by atoms with Crippen molar-refractivity contribution in [2.45, 2.75) is 46.1 Å². The molecule has 0 aliphatic rings. The predicted octanol–water partition coefficient (Wildman–Crippen LogP) is 4.46. The maximum absolute atomic E-state index is 5.23. The molecule has 0 radical (unpaired) electrons. The van der Waals surface area contributed by atoms with Gasteiger partial charge in [0.1, 0.15) is 0 Å². The molecule has 1 N–H and O–H groups in total. The molecule has 0 spiro atoms. The van der Waals surface area contributed by atoms with Crippen LogP contribution in [0.15, 0.2) is 24.3 Å². The summed E-state index contributed by atoms with van der Waals surface area (Å²) >= 11 is 0. The molecular formula is C16H27NO. The monoisotopic (exact) mass is 249 g/mol. The molecular weight excluding hydrogens is 222 g/mol. The first-order valence-corrected chi connectivity index (χ1v) is 7.12. The van der Waals surface area contributed by atoms with Gasteiger partial charge < -0.3 is 10.1 Å². The Balaban J connectivity index is 2.50. The summed E-state index contributed by atoms with van der Waals surface area (Å²) in [5.74, 6) is 0.778. The van der Waals surface area contributed by atoms with E-state index in [1.54, 1.807) is 7.11 Å². The smallest absolute Gasteiger partial charge is 0.0733 e. The zero-order chi connectivity index (χ0) is 13.2. The predicted molar refractivity (Wildman–Crippen MR) is 79.0 cm³/mol. The highest BCUT2D eigenvalue weighted by Gasteiger charge is 2.07. The first kappa shape index (κ1) is 15.0. The van der Waals surface area contributed by atoms with Gasteiger partial charge in [-0.25, -0.2) is 0 Å². The summed E-state index contributed by atoms with van der Waals surface area (Å²) in [7, 11) is 1.74. The number of para-hydroxylation sites is 1. The third-order valence-corrected chi connectivity index (χ3v) is 3.44. The highest BCUT2D eigenvalue weighted by atomic mass is 16.5. The van der Waals surface area contributed by atoms with E-state index in [9.17, 15) is 0 Å². The van der Waals surface area contributed by atoms with Gasteiger partial charge in [0.05, 0.1) is 6.61 Å². The van der Waals surface area contributed by atoms with E-state index in [1.807, 2.05) is 0 Å². The second-order valence-corrected chi connectivity index (χ2v) is 4.89. The third-order valence-electron chi connectivity index (χ3n) is 3.44. The van der Waals surface area contributed by atoms with Crippen molar-refractivity contribution in [2.75, 3.05) is 19.0 Å². The summed E-state index contributed by atoms with van der Waals surface area (Å²) in [6, 6.07) is 8.40. The van der Waals surface area contributed by atoms with Gasteiger partial charge in [-0.2, -0.15) is 0 Å². The quantitative estimate of drug-likeness (QED) is 0.697. The summed E-state index contributed by atoms with van der Waals surface area (Å²) in [4.78, 5) is 0. The largest absolute Gasteiger partial charge is 0.384 e. The Labute approximate surface area is 112 Å². The molecule has 1 unspecified atom stereocenters. The maximum Gasteiger partial charge on any atom is 0.0733 e. The molecule has 2 heteroatoms. The lowest BCUT2D eigenvalue weighted by Crippen LogP contribution is -2.14. The zero-order valence-electron chi connectivity index (χ0n) is 12.0. The van der Waals surface area contributed by atoms with E-state index in [-0.39, 0.29) is 0 Å². The Morgan fingerprint density at radius 3 is 2.67 bits per heavy atom. The molecule has 18 heavy (non-hydrogen) atoms. The second-order valence-electron chi connectivity index (χ2n) is 4.89. The lowest BCUT2D eigenvalue weighted by Gasteiger charge is -2.18. The van der Waals surface area contributed by atoms with Crippen LogP contribution in [0, 0.1) is 5.92 Å². The lowest BCUT2D eigenvalue weighted by molar-refractivity contribution is 0.185. The van der Waals surface area contributed by atoms with Crippen LogP contribution in [0.3, 0.4) is 0 Å². The summed E-state index contributed by atoms with van der Waals surface area (Å²) in [5, 5.41) is 3.58. The highest BCUT2D eigenvalue weighted by Crippen LogP contribution is 2.18. The van der Waals surface area contributed by atoms with Crippen LogP contribution in [0.5, 0.6) is 0 Å². The van der Waals surface area contributed by atoms with E-state index in [4.69, 9.17) is 4.74 Å². The number of methoxy groups -OCH3 is 1. The fraction of sp³-hybridized carbons (Fsp3) is 0.625. The molecule has 0 heterocycles. The van der Waals surface area contributed by atoms with Gasteiger partial charge >= 0.3 is 0 Å². The minimum absolute atomic E-state index is 0.676. The molecule has 1 rings (SSSR count). The normalized spacial score (nSPS) is 12.4. The second kappa shape index (κ2) is 8.98.